The van der Waals surface area contributed by atoms with Gasteiger partial charge in [0.1, 0.15) is 6.04 Å². The van der Waals surface area contributed by atoms with Gasteiger partial charge in [-0.3, -0.25) is 4.79 Å². The molecule has 0 spiro atoms. The predicted molar refractivity (Wildman–Crippen MR) is 57.8 cm³/mol. The van der Waals surface area contributed by atoms with Crippen LogP contribution in [0.3, 0.4) is 0 Å². The second kappa shape index (κ2) is 5.01. The first kappa shape index (κ1) is 11.8. The number of aromatic amines is 1. The summed E-state index contributed by atoms with van der Waals surface area (Å²) in [6.07, 6.45) is 0. The number of carbonyl (C=O) groups is 1. The number of rotatable bonds is 4. The third-order valence-electron chi connectivity index (χ3n) is 2.31. The van der Waals surface area contributed by atoms with Gasteiger partial charge in [-0.15, -0.1) is 0 Å². The molecule has 0 radical (unpaired) electrons. The standard InChI is InChI=1S/C8H15N5OS/c1-4-12(5-2)7(14)6(3)13-8(15)9-10-11-13/h6H,4-5H2,1-3H3,(H,9,11,15). The van der Waals surface area contributed by atoms with Crippen molar-refractivity contribution in [1.29, 1.82) is 0 Å². The zero-order chi connectivity index (χ0) is 11.4. The van der Waals surface area contributed by atoms with Crippen LogP contribution in [0.15, 0.2) is 0 Å². The van der Waals surface area contributed by atoms with Gasteiger partial charge in [0.15, 0.2) is 0 Å². The highest BCUT2D eigenvalue weighted by molar-refractivity contribution is 7.71. The van der Waals surface area contributed by atoms with E-state index in [1.807, 2.05) is 13.8 Å². The molecular weight excluding hydrogens is 214 g/mol. The second-order valence-electron chi connectivity index (χ2n) is 3.14. The molecule has 0 bridgehead atoms. The van der Waals surface area contributed by atoms with Crippen molar-refractivity contribution in [3.05, 3.63) is 4.77 Å². The van der Waals surface area contributed by atoms with Crippen molar-refractivity contribution in [2.45, 2.75) is 26.8 Å². The summed E-state index contributed by atoms with van der Waals surface area (Å²) < 4.78 is 1.78. The first-order valence-electron chi connectivity index (χ1n) is 4.90. The van der Waals surface area contributed by atoms with Crippen LogP contribution in [0.1, 0.15) is 26.8 Å². The summed E-state index contributed by atoms with van der Waals surface area (Å²) in [5, 5.41) is 9.77. The molecule has 0 aromatic carbocycles. The lowest BCUT2D eigenvalue weighted by atomic mass is 10.3. The Kier molecular flexibility index (Phi) is 3.96. The minimum Gasteiger partial charge on any atom is -0.341 e. The number of tetrazole rings is 1. The molecule has 84 valence electrons. The Morgan fingerprint density at radius 3 is 2.60 bits per heavy atom. The Hall–Kier alpha value is -1.24. The monoisotopic (exact) mass is 229 g/mol. The maximum absolute atomic E-state index is 11.9. The Balaban J connectivity index is 2.86. The molecule has 0 aliphatic carbocycles. The van der Waals surface area contributed by atoms with E-state index < -0.39 is 0 Å². The number of likely N-dealkylation sites (N-methyl/N-ethyl adjacent to an activating group) is 1. The minimum absolute atomic E-state index is 0.0159. The van der Waals surface area contributed by atoms with Crippen molar-refractivity contribution in [3.63, 3.8) is 0 Å². The molecule has 7 heteroatoms. The van der Waals surface area contributed by atoms with Crippen LogP contribution in [0.5, 0.6) is 0 Å². The lowest BCUT2D eigenvalue weighted by molar-refractivity contribution is -0.134. The van der Waals surface area contributed by atoms with E-state index in [2.05, 4.69) is 15.5 Å². The molecule has 1 aromatic rings. The van der Waals surface area contributed by atoms with Gasteiger partial charge in [-0.25, -0.2) is 4.68 Å². The Morgan fingerprint density at radius 1 is 1.60 bits per heavy atom. The molecule has 1 aromatic heterocycles. The highest BCUT2D eigenvalue weighted by Crippen LogP contribution is 2.07. The smallest absolute Gasteiger partial charge is 0.247 e. The summed E-state index contributed by atoms with van der Waals surface area (Å²) in [4.78, 5) is 13.7. The van der Waals surface area contributed by atoms with Crippen molar-refractivity contribution in [2.75, 3.05) is 13.1 Å². The molecule has 0 aliphatic heterocycles. The van der Waals surface area contributed by atoms with E-state index in [9.17, 15) is 4.79 Å². The van der Waals surface area contributed by atoms with E-state index in [4.69, 9.17) is 12.2 Å². The third-order valence-corrected chi connectivity index (χ3v) is 2.59. The van der Waals surface area contributed by atoms with E-state index in [0.717, 1.165) is 0 Å². The van der Waals surface area contributed by atoms with Crippen LogP contribution < -0.4 is 0 Å². The molecule has 1 unspecified atom stereocenters. The van der Waals surface area contributed by atoms with Crippen LogP contribution in [-0.2, 0) is 4.79 Å². The average molecular weight is 229 g/mol. The number of aromatic nitrogens is 4. The van der Waals surface area contributed by atoms with E-state index in [1.54, 1.807) is 11.8 Å². The van der Waals surface area contributed by atoms with Crippen LogP contribution in [0, 0.1) is 4.77 Å². The zero-order valence-electron chi connectivity index (χ0n) is 9.10. The lowest BCUT2D eigenvalue weighted by Gasteiger charge is -2.22. The van der Waals surface area contributed by atoms with Crippen molar-refractivity contribution < 1.29 is 4.79 Å². The summed E-state index contributed by atoms with van der Waals surface area (Å²) in [5.74, 6) is 0.0159. The molecule has 1 amide bonds. The predicted octanol–water partition coefficient (Wildman–Crippen LogP) is 0.765. The number of nitrogens with one attached hydrogen (secondary N) is 1. The SMILES string of the molecule is CCN(CC)C(=O)C(C)n1[nH]nnc1=S. The number of amides is 1. The number of carbonyl (C=O) groups excluding carboxylic acids is 1. The summed E-state index contributed by atoms with van der Waals surface area (Å²) in [6.45, 7) is 7.04. The highest BCUT2D eigenvalue weighted by atomic mass is 32.1. The topological polar surface area (TPSA) is 66.8 Å². The average Bonchev–Trinajstić information content (AvgIpc) is 2.65. The maximum Gasteiger partial charge on any atom is 0.247 e. The van der Waals surface area contributed by atoms with Gasteiger partial charge < -0.3 is 4.90 Å². The van der Waals surface area contributed by atoms with E-state index >= 15 is 0 Å². The summed E-state index contributed by atoms with van der Waals surface area (Å²) >= 11 is 4.93. The fraction of sp³-hybridized carbons (Fsp3) is 0.750. The summed E-state index contributed by atoms with van der Waals surface area (Å²) in [6, 6.07) is -0.382. The van der Waals surface area contributed by atoms with E-state index in [-0.39, 0.29) is 11.9 Å². The molecule has 15 heavy (non-hydrogen) atoms. The molecular formula is C8H15N5OS. The van der Waals surface area contributed by atoms with Crippen molar-refractivity contribution in [3.8, 4) is 0 Å². The van der Waals surface area contributed by atoms with Crippen LogP contribution in [0.2, 0.25) is 0 Å². The molecule has 1 rings (SSSR count). The fourth-order valence-corrected chi connectivity index (χ4v) is 1.61. The molecule has 1 atom stereocenters. The normalized spacial score (nSPS) is 12.5. The van der Waals surface area contributed by atoms with Gasteiger partial charge in [0, 0.05) is 13.1 Å². The van der Waals surface area contributed by atoms with Crippen molar-refractivity contribution in [2.24, 2.45) is 0 Å². The lowest BCUT2D eigenvalue weighted by Crippen LogP contribution is -2.36. The van der Waals surface area contributed by atoms with E-state index in [0.29, 0.717) is 17.9 Å². The van der Waals surface area contributed by atoms with Crippen LogP contribution in [-0.4, -0.2) is 44.1 Å². The summed E-state index contributed by atoms with van der Waals surface area (Å²) in [5.41, 5.74) is 0. The fourth-order valence-electron chi connectivity index (χ4n) is 1.37. The van der Waals surface area contributed by atoms with Gasteiger partial charge in [0.05, 0.1) is 0 Å². The van der Waals surface area contributed by atoms with Crippen LogP contribution >= 0.6 is 12.2 Å². The van der Waals surface area contributed by atoms with Gasteiger partial charge in [-0.05, 0) is 33.0 Å². The van der Waals surface area contributed by atoms with Gasteiger partial charge in [-0.2, -0.15) is 5.21 Å². The third kappa shape index (κ3) is 2.41. The molecule has 0 aliphatic rings. The quantitative estimate of drug-likeness (QED) is 0.774. The summed E-state index contributed by atoms with van der Waals surface area (Å²) in [7, 11) is 0. The number of hydrogen-bond acceptors (Lipinski definition) is 4. The van der Waals surface area contributed by atoms with Crippen LogP contribution in [0.25, 0.3) is 0 Å². The van der Waals surface area contributed by atoms with E-state index in [1.165, 1.54) is 4.68 Å². The largest absolute Gasteiger partial charge is 0.341 e. The first-order valence-corrected chi connectivity index (χ1v) is 5.31. The molecule has 6 nitrogen and oxygen atoms in total. The second-order valence-corrected chi connectivity index (χ2v) is 3.50. The Labute approximate surface area is 93.2 Å². The Morgan fingerprint density at radius 2 is 2.20 bits per heavy atom. The molecule has 1 N–H and O–H groups in total. The van der Waals surface area contributed by atoms with Gasteiger partial charge >= 0.3 is 0 Å². The number of nitrogens with zero attached hydrogens (tertiary/aromatic N) is 4. The highest BCUT2D eigenvalue weighted by Gasteiger charge is 2.20. The molecule has 0 fully saturated rings. The van der Waals surface area contributed by atoms with Crippen LogP contribution in [0.4, 0.5) is 0 Å². The van der Waals surface area contributed by atoms with Gasteiger partial charge in [0.25, 0.3) is 0 Å². The van der Waals surface area contributed by atoms with Crippen molar-refractivity contribution in [1.82, 2.24) is 25.1 Å². The molecule has 1 heterocycles. The molecule has 0 saturated carbocycles. The van der Waals surface area contributed by atoms with Gasteiger partial charge in [0.2, 0.25) is 10.7 Å². The minimum atomic E-state index is -0.382. The zero-order valence-corrected chi connectivity index (χ0v) is 9.91. The van der Waals surface area contributed by atoms with Gasteiger partial charge in [-0.1, -0.05) is 10.3 Å². The maximum atomic E-state index is 11.9. The molecule has 0 saturated heterocycles. The number of H-pyrrole nitrogens is 1. The number of hydrogen-bond donors (Lipinski definition) is 1. The van der Waals surface area contributed by atoms with Crippen molar-refractivity contribution >= 4 is 18.1 Å². The first-order chi connectivity index (χ1) is 7.11. The Bertz CT molecular complexity index is 380.